The lowest BCUT2D eigenvalue weighted by molar-refractivity contribution is 0.881. The van der Waals surface area contributed by atoms with Crippen LogP contribution < -0.4 is 0 Å². The molecule has 0 spiro atoms. The minimum atomic E-state index is -0.136. The Bertz CT molecular complexity index is 456. The van der Waals surface area contributed by atoms with Crippen LogP contribution >= 0.6 is 23.2 Å². The van der Waals surface area contributed by atoms with Crippen molar-refractivity contribution in [2.75, 3.05) is 0 Å². The van der Waals surface area contributed by atoms with E-state index < -0.39 is 0 Å². The van der Waals surface area contributed by atoms with E-state index in [4.69, 9.17) is 23.2 Å². The molecule has 0 N–H and O–H groups in total. The van der Waals surface area contributed by atoms with Crippen molar-refractivity contribution in [3.8, 4) is 0 Å². The minimum absolute atomic E-state index is 0.136. The van der Waals surface area contributed by atoms with Crippen LogP contribution in [0.1, 0.15) is 16.6 Å². The van der Waals surface area contributed by atoms with Crippen molar-refractivity contribution in [3.05, 3.63) is 64.9 Å². The monoisotopic (exact) mass is 251 g/mol. The molecule has 1 aromatic heterocycles. The number of alkyl halides is 1. The largest absolute Gasteiger partial charge is 0.261 e. The lowest BCUT2D eigenvalue weighted by Gasteiger charge is -2.10. The zero-order valence-corrected chi connectivity index (χ0v) is 10.1. The maximum Gasteiger partial charge on any atom is 0.0655 e. The molecular formula is C13H11Cl2N. The van der Waals surface area contributed by atoms with Crippen molar-refractivity contribution < 1.29 is 0 Å². The normalized spacial score (nSPS) is 12.4. The van der Waals surface area contributed by atoms with Gasteiger partial charge < -0.3 is 0 Å². The van der Waals surface area contributed by atoms with E-state index in [9.17, 15) is 0 Å². The minimum Gasteiger partial charge on any atom is -0.261 e. The summed E-state index contributed by atoms with van der Waals surface area (Å²) in [5.41, 5.74) is 1.93. The van der Waals surface area contributed by atoms with E-state index in [0.717, 1.165) is 11.3 Å². The number of halogens is 2. The maximum absolute atomic E-state index is 6.32. The summed E-state index contributed by atoms with van der Waals surface area (Å²) in [5.74, 6) is 0. The second-order valence-corrected chi connectivity index (χ2v) is 4.45. The lowest BCUT2D eigenvalue weighted by Crippen LogP contribution is -1.98. The van der Waals surface area contributed by atoms with E-state index in [1.165, 1.54) is 0 Å². The molecule has 2 rings (SSSR count). The number of benzene rings is 1. The van der Waals surface area contributed by atoms with Crippen molar-refractivity contribution in [1.29, 1.82) is 0 Å². The number of hydrogen-bond acceptors (Lipinski definition) is 1. The van der Waals surface area contributed by atoms with Gasteiger partial charge in [-0.3, -0.25) is 4.98 Å². The summed E-state index contributed by atoms with van der Waals surface area (Å²) in [7, 11) is 0. The molecule has 0 aliphatic heterocycles. The highest BCUT2D eigenvalue weighted by Gasteiger charge is 2.12. The smallest absolute Gasteiger partial charge is 0.0655 e. The topological polar surface area (TPSA) is 12.9 Å². The first-order chi connectivity index (χ1) is 7.77. The summed E-state index contributed by atoms with van der Waals surface area (Å²) >= 11 is 12.4. The first-order valence-corrected chi connectivity index (χ1v) is 5.87. The van der Waals surface area contributed by atoms with Crippen LogP contribution in [-0.2, 0) is 6.42 Å². The highest BCUT2D eigenvalue weighted by molar-refractivity contribution is 6.32. The number of aromatic nitrogens is 1. The van der Waals surface area contributed by atoms with Crippen LogP contribution in [-0.4, -0.2) is 4.98 Å². The molecule has 0 bridgehead atoms. The van der Waals surface area contributed by atoms with Crippen LogP contribution in [0.15, 0.2) is 48.7 Å². The Kier molecular flexibility index (Phi) is 3.81. The third-order valence-electron chi connectivity index (χ3n) is 2.36. The Morgan fingerprint density at radius 2 is 1.81 bits per heavy atom. The zero-order valence-electron chi connectivity index (χ0n) is 8.61. The molecule has 0 fully saturated rings. The Labute approximate surface area is 105 Å². The third kappa shape index (κ3) is 2.75. The zero-order chi connectivity index (χ0) is 11.4. The van der Waals surface area contributed by atoms with Crippen LogP contribution in [0.5, 0.6) is 0 Å². The molecule has 16 heavy (non-hydrogen) atoms. The molecule has 1 unspecified atom stereocenters. The van der Waals surface area contributed by atoms with Gasteiger partial charge in [-0.15, -0.1) is 11.6 Å². The highest BCUT2D eigenvalue weighted by Crippen LogP contribution is 2.29. The highest BCUT2D eigenvalue weighted by atomic mass is 35.5. The van der Waals surface area contributed by atoms with Crippen molar-refractivity contribution in [2.24, 2.45) is 0 Å². The van der Waals surface area contributed by atoms with Gasteiger partial charge in [-0.2, -0.15) is 0 Å². The van der Waals surface area contributed by atoms with Gasteiger partial charge in [0.2, 0.25) is 0 Å². The van der Waals surface area contributed by atoms with Gasteiger partial charge in [-0.1, -0.05) is 35.9 Å². The number of rotatable bonds is 3. The maximum atomic E-state index is 6.32. The van der Waals surface area contributed by atoms with E-state index >= 15 is 0 Å². The second kappa shape index (κ2) is 5.33. The summed E-state index contributed by atoms with van der Waals surface area (Å²) < 4.78 is 0. The predicted octanol–water partition coefficient (Wildman–Crippen LogP) is 4.26. The van der Waals surface area contributed by atoms with Crippen LogP contribution in [0.25, 0.3) is 0 Å². The number of hydrogen-bond donors (Lipinski definition) is 0. The van der Waals surface area contributed by atoms with Crippen LogP contribution in [0.2, 0.25) is 5.02 Å². The molecule has 82 valence electrons. The van der Waals surface area contributed by atoms with Crippen LogP contribution in [0, 0.1) is 0 Å². The van der Waals surface area contributed by atoms with Crippen LogP contribution in [0.3, 0.4) is 0 Å². The summed E-state index contributed by atoms with van der Waals surface area (Å²) in [6.45, 7) is 0. The average molecular weight is 252 g/mol. The van der Waals surface area contributed by atoms with Crippen molar-refractivity contribution in [1.82, 2.24) is 4.98 Å². The molecular weight excluding hydrogens is 241 g/mol. The molecule has 1 heterocycles. The van der Waals surface area contributed by atoms with Gasteiger partial charge in [-0.25, -0.2) is 0 Å². The summed E-state index contributed by atoms with van der Waals surface area (Å²) in [4.78, 5) is 4.25. The molecule has 1 aromatic carbocycles. The fourth-order valence-electron chi connectivity index (χ4n) is 1.54. The van der Waals surface area contributed by atoms with Crippen molar-refractivity contribution in [2.45, 2.75) is 11.8 Å². The van der Waals surface area contributed by atoms with E-state index in [1.54, 1.807) is 6.20 Å². The summed E-state index contributed by atoms with van der Waals surface area (Å²) in [5, 5.41) is 0.571. The van der Waals surface area contributed by atoms with Gasteiger partial charge in [0.1, 0.15) is 0 Å². The standard InChI is InChI=1S/C13H11Cl2N/c14-12-7-2-1-6-11(12)13(15)9-10-5-3-4-8-16-10/h1-8,13H,9H2. The fourth-order valence-corrected chi connectivity index (χ4v) is 2.21. The Morgan fingerprint density at radius 1 is 1.06 bits per heavy atom. The third-order valence-corrected chi connectivity index (χ3v) is 3.09. The summed E-state index contributed by atoms with van der Waals surface area (Å²) in [6, 6.07) is 13.5. The molecule has 1 atom stereocenters. The predicted molar refractivity (Wildman–Crippen MR) is 68.0 cm³/mol. The van der Waals surface area contributed by atoms with E-state index in [-0.39, 0.29) is 5.38 Å². The van der Waals surface area contributed by atoms with Crippen molar-refractivity contribution >= 4 is 23.2 Å². The van der Waals surface area contributed by atoms with Gasteiger partial charge in [0, 0.05) is 23.3 Å². The number of nitrogens with zero attached hydrogens (tertiary/aromatic N) is 1. The van der Waals surface area contributed by atoms with E-state index in [1.807, 2.05) is 42.5 Å². The molecule has 1 nitrogen and oxygen atoms in total. The Hall–Kier alpha value is -1.05. The van der Waals surface area contributed by atoms with Gasteiger partial charge in [-0.05, 0) is 23.8 Å². The lowest BCUT2D eigenvalue weighted by atomic mass is 10.1. The first-order valence-electron chi connectivity index (χ1n) is 5.06. The molecule has 2 aromatic rings. The van der Waals surface area contributed by atoms with Gasteiger partial charge in [0.25, 0.3) is 0 Å². The average Bonchev–Trinajstić information content (AvgIpc) is 2.31. The quantitative estimate of drug-likeness (QED) is 0.744. The van der Waals surface area contributed by atoms with Crippen molar-refractivity contribution in [3.63, 3.8) is 0 Å². The van der Waals surface area contributed by atoms with E-state index in [0.29, 0.717) is 11.4 Å². The molecule has 0 amide bonds. The Morgan fingerprint density at radius 3 is 2.50 bits per heavy atom. The van der Waals surface area contributed by atoms with E-state index in [2.05, 4.69) is 4.98 Å². The second-order valence-electron chi connectivity index (χ2n) is 3.51. The fraction of sp³-hybridized carbons (Fsp3) is 0.154. The SMILES string of the molecule is Clc1ccccc1C(Cl)Cc1ccccn1. The molecule has 0 saturated carbocycles. The van der Waals surface area contributed by atoms with Gasteiger partial charge in [0.05, 0.1) is 5.38 Å². The van der Waals surface area contributed by atoms with Gasteiger partial charge >= 0.3 is 0 Å². The molecule has 0 radical (unpaired) electrons. The first kappa shape index (κ1) is 11.4. The molecule has 3 heteroatoms. The van der Waals surface area contributed by atoms with Crippen LogP contribution in [0.4, 0.5) is 0 Å². The molecule has 0 saturated heterocycles. The van der Waals surface area contributed by atoms with Gasteiger partial charge in [0.15, 0.2) is 0 Å². The Balaban J connectivity index is 2.15. The molecule has 0 aliphatic rings. The molecule has 0 aliphatic carbocycles. The number of pyridine rings is 1. The summed E-state index contributed by atoms with van der Waals surface area (Å²) in [6.07, 6.45) is 2.46.